The third-order valence-electron chi connectivity index (χ3n) is 8.84. The van der Waals surface area contributed by atoms with Crippen molar-refractivity contribution in [2.75, 3.05) is 19.6 Å². The number of guanidine groups is 1. The lowest BCUT2D eigenvalue weighted by atomic mass is 10.1. The Morgan fingerprint density at radius 1 is 0.605 bits per heavy atom. The maximum Gasteiger partial charge on any atom is 0.321 e. The molecule has 2 aromatic rings. The van der Waals surface area contributed by atoms with E-state index in [1.54, 1.807) is 20.0 Å². The Balaban J connectivity index is -0.000000197. The van der Waals surface area contributed by atoms with Gasteiger partial charge in [0, 0.05) is 31.3 Å². The highest BCUT2D eigenvalue weighted by Crippen LogP contribution is 2.04. The molecule has 1 aromatic carbocycles. The van der Waals surface area contributed by atoms with Crippen LogP contribution < -0.4 is 62.7 Å². The Kier molecular flexibility index (Phi) is 52.8. The van der Waals surface area contributed by atoms with Crippen LogP contribution in [0, 0.1) is 5.92 Å². The molecule has 3 rings (SSSR count). The number of H-pyrrole nitrogens is 1. The van der Waals surface area contributed by atoms with E-state index in [-0.39, 0.29) is 43.7 Å². The topological polar surface area (TPSA) is 724 Å². The number of carboxylic acids is 11. The van der Waals surface area contributed by atoms with Gasteiger partial charge in [-0.2, -0.15) is 0 Å². The fraction of sp³-hybridized carbons (Fsp3) is 0.533. The lowest BCUT2D eigenvalue weighted by molar-refractivity contribution is -0.144. The van der Waals surface area contributed by atoms with Gasteiger partial charge < -0.3 is 124 Å². The summed E-state index contributed by atoms with van der Waals surface area (Å²) in [5, 5.41) is 92.5. The van der Waals surface area contributed by atoms with Gasteiger partial charge in [-0.15, -0.1) is 0 Å². The van der Waals surface area contributed by atoms with Crippen LogP contribution in [0.15, 0.2) is 47.8 Å². The van der Waals surface area contributed by atoms with Crippen LogP contribution in [0.3, 0.4) is 0 Å². The number of nitrogens with one attached hydrogen (secondary N) is 2. The number of carbonyl (C=O) groups is 11. The van der Waals surface area contributed by atoms with Crippen LogP contribution in [0.4, 0.5) is 0 Å². The number of hydrogen-bond donors (Lipinski definition) is 23. The van der Waals surface area contributed by atoms with E-state index in [2.05, 4.69) is 26.0 Å². The van der Waals surface area contributed by atoms with E-state index in [1.807, 2.05) is 30.3 Å². The number of aliphatic imine (C=N–C) groups is 1. The van der Waals surface area contributed by atoms with Crippen molar-refractivity contribution in [3.05, 3.63) is 54.1 Å². The number of nitrogens with two attached hydrogens (primary N) is 10. The van der Waals surface area contributed by atoms with Crippen LogP contribution in [0.1, 0.15) is 77.0 Å². The average Bonchev–Trinajstić information content (AvgIpc) is 4.12. The molecule has 7 unspecified atom stereocenters. The maximum atomic E-state index is 10.4. The number of benzene rings is 1. The smallest absolute Gasteiger partial charge is 0.321 e. The molecular formula is C45H82N14O22. The van der Waals surface area contributed by atoms with Gasteiger partial charge in [0.25, 0.3) is 0 Å². The van der Waals surface area contributed by atoms with Gasteiger partial charge in [0.15, 0.2) is 5.96 Å². The molecule has 1 aromatic heterocycles. The Bertz CT molecular complexity index is 2130. The van der Waals surface area contributed by atoms with Gasteiger partial charge in [0.2, 0.25) is 0 Å². The normalized spacial score (nSPS) is 14.0. The SMILES string of the molecule is CC(C)C(N)C(=O)O.CC(N)C(=O)O.NC(CC(=O)O)C(=O)O.NC(CCC(=O)O)C(=O)O.NC(Cc1ccccc1)C(=O)O.NC(Cc1cnc[nH]1)C(=O)O.NC(N)=NCCCC(N)C(=O)O.NCC(=O)O.O=C(O)[C@@H]1CCCN1. The molecule has 36 nitrogen and oxygen atoms in total. The highest BCUT2D eigenvalue weighted by Gasteiger charge is 2.20. The van der Waals surface area contributed by atoms with Gasteiger partial charge >= 0.3 is 65.7 Å². The summed E-state index contributed by atoms with van der Waals surface area (Å²) in [7, 11) is 0. The lowest BCUT2D eigenvalue weighted by Crippen LogP contribution is -2.34. The standard InChI is InChI=1S/C9H11NO2.C6H14N4O2.C6H9N3O2.C5H9NO4.C5H9NO2.C5H11NO2.C4H7NO4.C3H7NO2.C2H5NO2/c10-8(9(11)12)6-7-4-2-1-3-5-7;7-4(5(11)12)2-1-3-10-6(8)9;7-5(6(10)11)1-4-2-8-3-9-4;6-3(5(9)10)1-2-4(7)8;7-5(8)4-2-1-3-6-4;1-3(2)4(6)5(7)8;5-2(4(8)9)1-3(6)7;1-2(4)3(5)6;3-1-2(4)5/h1-5,8H,6,10H2,(H,11,12);4H,1-3,7H2,(H,11,12)(H4,8,9,10);2-3,5H,1,7H2,(H,8,9)(H,10,11);3H,1-2,6H2,(H,7,8)(H,9,10);4,6H,1-3H2,(H,7,8);3-4H,6H2,1-2H3,(H,7,8);2H,1,5H2,(H,6,7)(H,8,9);2H,4H2,1H3,(H,5,6);1,3H2,(H,4,5)/t;;;;4-;;;;/m....0..../s1. The number of aromatic amines is 1. The van der Waals surface area contributed by atoms with E-state index in [4.69, 9.17) is 108 Å². The predicted molar refractivity (Wildman–Crippen MR) is 287 cm³/mol. The Labute approximate surface area is 463 Å². The van der Waals surface area contributed by atoms with Gasteiger partial charge in [0.05, 0.1) is 19.3 Å². The summed E-state index contributed by atoms with van der Waals surface area (Å²) in [6.45, 7) is 5.97. The van der Waals surface area contributed by atoms with Gasteiger partial charge in [-0.05, 0) is 63.5 Å². The van der Waals surface area contributed by atoms with Gasteiger partial charge in [-0.1, -0.05) is 44.2 Å². The third kappa shape index (κ3) is 60.6. The van der Waals surface area contributed by atoms with Crippen LogP contribution >= 0.6 is 0 Å². The number of rotatable bonds is 23. The van der Waals surface area contributed by atoms with Crippen LogP contribution in [0.2, 0.25) is 0 Å². The molecule has 2 heterocycles. The van der Waals surface area contributed by atoms with Gasteiger partial charge in [-0.25, -0.2) is 4.98 Å². The molecule has 0 bridgehead atoms. The van der Waals surface area contributed by atoms with E-state index < -0.39 is 114 Å². The molecule has 81 heavy (non-hydrogen) atoms. The summed E-state index contributed by atoms with van der Waals surface area (Å²) in [6.07, 6.45) is 5.70. The van der Waals surface area contributed by atoms with E-state index in [1.165, 1.54) is 13.3 Å². The second-order valence-electron chi connectivity index (χ2n) is 16.5. The Morgan fingerprint density at radius 3 is 1.32 bits per heavy atom. The maximum absolute atomic E-state index is 10.4. The van der Waals surface area contributed by atoms with E-state index in [0.717, 1.165) is 30.6 Å². The minimum atomic E-state index is -1.29. The highest BCUT2D eigenvalue weighted by molar-refractivity contribution is 5.80. The Morgan fingerprint density at radius 2 is 1.05 bits per heavy atom. The Hall–Kier alpha value is -8.49. The summed E-state index contributed by atoms with van der Waals surface area (Å²) in [5.41, 5.74) is 52.0. The van der Waals surface area contributed by atoms with Crippen molar-refractivity contribution in [2.45, 2.75) is 127 Å². The lowest BCUT2D eigenvalue weighted by Gasteiger charge is -2.07. The first kappa shape index (κ1) is 83.8. The summed E-state index contributed by atoms with van der Waals surface area (Å²) in [4.78, 5) is 120. The number of imidazole rings is 1. The van der Waals surface area contributed by atoms with Crippen molar-refractivity contribution < 1.29 is 109 Å². The molecule has 8 atom stereocenters. The molecule has 0 amide bonds. The number of aromatic nitrogens is 2. The molecule has 33 N–H and O–H groups in total. The molecule has 1 fully saturated rings. The summed E-state index contributed by atoms with van der Waals surface area (Å²) in [6, 6.07) is 2.81. The molecule has 464 valence electrons. The first-order valence-corrected chi connectivity index (χ1v) is 23.6. The van der Waals surface area contributed by atoms with Crippen molar-refractivity contribution in [2.24, 2.45) is 68.2 Å². The van der Waals surface area contributed by atoms with Crippen molar-refractivity contribution in [3.8, 4) is 0 Å². The minimum Gasteiger partial charge on any atom is -0.481 e. The monoisotopic (exact) mass is 1170 g/mol. The van der Waals surface area contributed by atoms with E-state index in [0.29, 0.717) is 25.8 Å². The summed E-state index contributed by atoms with van der Waals surface area (Å²) in [5.74, 6) is -11.2. The van der Waals surface area contributed by atoms with Crippen molar-refractivity contribution in [1.82, 2.24) is 15.3 Å². The van der Waals surface area contributed by atoms with Crippen molar-refractivity contribution >= 4 is 71.6 Å². The summed E-state index contributed by atoms with van der Waals surface area (Å²) >= 11 is 0. The number of aliphatic carboxylic acids is 11. The highest BCUT2D eigenvalue weighted by atomic mass is 16.4. The number of carboxylic acid groups (broad SMARTS) is 11. The van der Waals surface area contributed by atoms with Crippen LogP contribution in [0.5, 0.6) is 0 Å². The molecule has 0 aliphatic carbocycles. The zero-order chi connectivity index (χ0) is 64.5. The van der Waals surface area contributed by atoms with Crippen molar-refractivity contribution in [3.63, 3.8) is 0 Å². The second kappa shape index (κ2) is 51.0. The molecule has 36 heteroatoms. The number of hydrogen-bond acceptors (Lipinski definition) is 22. The van der Waals surface area contributed by atoms with E-state index in [9.17, 15) is 52.7 Å². The third-order valence-corrected chi connectivity index (χ3v) is 8.84. The summed E-state index contributed by atoms with van der Waals surface area (Å²) < 4.78 is 0. The van der Waals surface area contributed by atoms with Crippen LogP contribution in [0.25, 0.3) is 0 Å². The second-order valence-corrected chi connectivity index (χ2v) is 16.5. The van der Waals surface area contributed by atoms with Gasteiger partial charge in [0.1, 0.15) is 48.3 Å². The fourth-order valence-electron chi connectivity index (χ4n) is 4.18. The van der Waals surface area contributed by atoms with Crippen LogP contribution in [-0.2, 0) is 65.6 Å². The van der Waals surface area contributed by atoms with Crippen molar-refractivity contribution in [1.29, 1.82) is 0 Å². The molecule has 0 saturated carbocycles. The zero-order valence-electron chi connectivity index (χ0n) is 44.8. The average molecular weight is 1170 g/mol. The first-order chi connectivity index (χ1) is 37.3. The fourth-order valence-corrected chi connectivity index (χ4v) is 4.18. The molecular weight excluding hydrogens is 1090 g/mol. The van der Waals surface area contributed by atoms with Crippen LogP contribution in [-0.4, -0.2) is 206 Å². The first-order valence-electron chi connectivity index (χ1n) is 23.6. The molecule has 1 aliphatic heterocycles. The molecule has 1 saturated heterocycles. The molecule has 0 spiro atoms. The largest absolute Gasteiger partial charge is 0.481 e. The molecule has 1 aliphatic rings. The van der Waals surface area contributed by atoms with E-state index >= 15 is 0 Å². The minimum absolute atomic E-state index is 0.0129. The molecule has 0 radical (unpaired) electrons. The van der Waals surface area contributed by atoms with Gasteiger partial charge in [-0.3, -0.25) is 57.7 Å². The quantitative estimate of drug-likeness (QED) is 0.0281. The predicted octanol–water partition coefficient (Wildman–Crippen LogP) is -5.08. The zero-order valence-corrected chi connectivity index (χ0v) is 44.8. The number of nitrogens with zero attached hydrogens (tertiary/aromatic N) is 2.